The van der Waals surface area contributed by atoms with Crippen LogP contribution in [0.2, 0.25) is 0 Å². The monoisotopic (exact) mass is 365 g/mol. The van der Waals surface area contributed by atoms with Crippen LogP contribution in [0.15, 0.2) is 42.5 Å². The SMILES string of the molecule is O=C(NC(CC1CCCc2ccccc21)C(=O)O)c1ccc2c(c1)COC2. The molecule has 0 aromatic heterocycles. The molecule has 0 spiro atoms. The molecule has 1 aliphatic carbocycles. The van der Waals surface area contributed by atoms with E-state index in [-0.39, 0.29) is 11.8 Å². The summed E-state index contributed by atoms with van der Waals surface area (Å²) in [6.45, 7) is 1.06. The number of aliphatic carboxylic acids is 1. The van der Waals surface area contributed by atoms with Crippen molar-refractivity contribution in [1.29, 1.82) is 0 Å². The molecule has 4 rings (SSSR count). The number of benzene rings is 2. The fourth-order valence-corrected chi connectivity index (χ4v) is 4.16. The summed E-state index contributed by atoms with van der Waals surface area (Å²) in [5, 5.41) is 12.4. The maximum Gasteiger partial charge on any atom is 0.326 e. The summed E-state index contributed by atoms with van der Waals surface area (Å²) in [6, 6.07) is 12.7. The number of carbonyl (C=O) groups is 2. The minimum Gasteiger partial charge on any atom is -0.480 e. The quantitative estimate of drug-likeness (QED) is 0.851. The smallest absolute Gasteiger partial charge is 0.326 e. The molecule has 0 radical (unpaired) electrons. The van der Waals surface area contributed by atoms with Gasteiger partial charge in [-0.3, -0.25) is 4.79 Å². The summed E-state index contributed by atoms with van der Waals surface area (Å²) in [7, 11) is 0. The third-order valence-electron chi connectivity index (χ3n) is 5.60. The Morgan fingerprint density at radius 1 is 1.11 bits per heavy atom. The molecule has 2 N–H and O–H groups in total. The Bertz CT molecular complexity index is 876. The molecule has 140 valence electrons. The van der Waals surface area contributed by atoms with Crippen molar-refractivity contribution in [2.45, 2.75) is 50.9 Å². The number of ether oxygens (including phenoxy) is 1. The van der Waals surface area contributed by atoms with E-state index >= 15 is 0 Å². The lowest BCUT2D eigenvalue weighted by molar-refractivity contribution is -0.139. The highest BCUT2D eigenvalue weighted by atomic mass is 16.5. The molecule has 2 aliphatic rings. The van der Waals surface area contributed by atoms with Crippen LogP contribution >= 0.6 is 0 Å². The molecular formula is C22H23NO4. The van der Waals surface area contributed by atoms with Crippen LogP contribution in [-0.4, -0.2) is 23.0 Å². The molecule has 1 amide bonds. The van der Waals surface area contributed by atoms with E-state index in [9.17, 15) is 14.7 Å². The van der Waals surface area contributed by atoms with Gasteiger partial charge in [-0.05, 0) is 66.0 Å². The Kier molecular flexibility index (Phi) is 4.94. The van der Waals surface area contributed by atoms with Gasteiger partial charge < -0.3 is 15.2 Å². The topological polar surface area (TPSA) is 75.6 Å². The summed E-state index contributed by atoms with van der Waals surface area (Å²) >= 11 is 0. The molecule has 0 saturated heterocycles. The molecule has 5 heteroatoms. The van der Waals surface area contributed by atoms with Gasteiger partial charge in [0.05, 0.1) is 13.2 Å². The molecule has 5 nitrogen and oxygen atoms in total. The number of rotatable bonds is 5. The number of hydrogen-bond acceptors (Lipinski definition) is 3. The van der Waals surface area contributed by atoms with Gasteiger partial charge in [-0.2, -0.15) is 0 Å². The van der Waals surface area contributed by atoms with Crippen molar-refractivity contribution in [2.75, 3.05) is 0 Å². The van der Waals surface area contributed by atoms with Gasteiger partial charge in [-0.15, -0.1) is 0 Å². The summed E-state index contributed by atoms with van der Waals surface area (Å²) in [5.74, 6) is -1.18. The molecular weight excluding hydrogens is 342 g/mol. The van der Waals surface area contributed by atoms with Gasteiger partial charge in [0.1, 0.15) is 6.04 Å². The lowest BCUT2D eigenvalue weighted by atomic mass is 9.79. The van der Waals surface area contributed by atoms with Gasteiger partial charge in [-0.25, -0.2) is 4.79 Å². The highest BCUT2D eigenvalue weighted by Gasteiger charge is 2.28. The number of hydrogen-bond donors (Lipinski definition) is 2. The van der Waals surface area contributed by atoms with Crippen LogP contribution in [0.3, 0.4) is 0 Å². The number of carboxylic acids is 1. The lowest BCUT2D eigenvalue weighted by Crippen LogP contribution is -2.42. The maximum atomic E-state index is 12.6. The molecule has 0 bridgehead atoms. The maximum absolute atomic E-state index is 12.6. The van der Waals surface area contributed by atoms with Crippen molar-refractivity contribution in [3.63, 3.8) is 0 Å². The average Bonchev–Trinajstić information content (AvgIpc) is 3.15. The van der Waals surface area contributed by atoms with Gasteiger partial charge in [0.25, 0.3) is 5.91 Å². The summed E-state index contributed by atoms with van der Waals surface area (Å²) in [5.41, 5.74) is 5.08. The van der Waals surface area contributed by atoms with Crippen molar-refractivity contribution in [2.24, 2.45) is 0 Å². The van der Waals surface area contributed by atoms with Gasteiger partial charge in [0.2, 0.25) is 0 Å². The van der Waals surface area contributed by atoms with E-state index in [1.807, 2.05) is 18.2 Å². The number of carboxylic acid groups (broad SMARTS) is 1. The third-order valence-corrected chi connectivity index (χ3v) is 5.60. The number of aryl methyl sites for hydroxylation is 1. The van der Waals surface area contributed by atoms with Gasteiger partial charge in [-0.1, -0.05) is 30.3 Å². The zero-order valence-corrected chi connectivity index (χ0v) is 15.1. The normalized spacial score (nSPS) is 19.0. The zero-order chi connectivity index (χ0) is 18.8. The summed E-state index contributed by atoms with van der Waals surface area (Å²) in [4.78, 5) is 24.4. The molecule has 2 aromatic carbocycles. The van der Waals surface area contributed by atoms with Gasteiger partial charge in [0.15, 0.2) is 0 Å². The lowest BCUT2D eigenvalue weighted by Gasteiger charge is -2.28. The first kappa shape index (κ1) is 17.7. The first-order chi connectivity index (χ1) is 13.1. The molecule has 27 heavy (non-hydrogen) atoms. The summed E-state index contributed by atoms with van der Waals surface area (Å²) < 4.78 is 5.38. The average molecular weight is 365 g/mol. The molecule has 2 aromatic rings. The Morgan fingerprint density at radius 2 is 1.93 bits per heavy atom. The van der Waals surface area contributed by atoms with E-state index in [1.165, 1.54) is 11.1 Å². The number of carbonyl (C=O) groups excluding carboxylic acids is 1. The second-order valence-electron chi connectivity index (χ2n) is 7.36. The van der Waals surface area contributed by atoms with Crippen LogP contribution < -0.4 is 5.32 Å². The summed E-state index contributed by atoms with van der Waals surface area (Å²) in [6.07, 6.45) is 3.44. The Morgan fingerprint density at radius 3 is 2.78 bits per heavy atom. The highest BCUT2D eigenvalue weighted by molar-refractivity contribution is 5.96. The van der Waals surface area contributed by atoms with Crippen LogP contribution in [0.25, 0.3) is 0 Å². The first-order valence-corrected chi connectivity index (χ1v) is 9.43. The van der Waals surface area contributed by atoms with Crippen molar-refractivity contribution in [3.05, 3.63) is 70.3 Å². The molecule has 2 unspecified atom stereocenters. The predicted octanol–water partition coefficient (Wildman–Crippen LogP) is 3.41. The Balaban J connectivity index is 1.49. The van der Waals surface area contributed by atoms with E-state index in [1.54, 1.807) is 12.1 Å². The second kappa shape index (κ2) is 7.53. The number of amides is 1. The largest absolute Gasteiger partial charge is 0.480 e. The zero-order valence-electron chi connectivity index (χ0n) is 15.1. The second-order valence-corrected chi connectivity index (χ2v) is 7.36. The molecule has 0 saturated carbocycles. The van der Waals surface area contributed by atoms with Crippen molar-refractivity contribution in [1.82, 2.24) is 5.32 Å². The number of nitrogens with one attached hydrogen (secondary N) is 1. The van der Waals surface area contributed by atoms with E-state index in [0.29, 0.717) is 25.2 Å². The minimum atomic E-state index is -0.990. The van der Waals surface area contributed by atoms with Crippen molar-refractivity contribution >= 4 is 11.9 Å². The number of fused-ring (bicyclic) bond motifs is 2. The van der Waals surface area contributed by atoms with Crippen molar-refractivity contribution in [3.8, 4) is 0 Å². The molecule has 0 fully saturated rings. The van der Waals surface area contributed by atoms with E-state index in [4.69, 9.17) is 4.74 Å². The highest BCUT2D eigenvalue weighted by Crippen LogP contribution is 2.34. The Labute approximate surface area is 158 Å². The van der Waals surface area contributed by atoms with E-state index in [0.717, 1.165) is 30.4 Å². The van der Waals surface area contributed by atoms with Crippen LogP contribution in [0, 0.1) is 0 Å². The minimum absolute atomic E-state index is 0.157. The van der Waals surface area contributed by atoms with Crippen LogP contribution in [-0.2, 0) is 29.2 Å². The van der Waals surface area contributed by atoms with Gasteiger partial charge in [0, 0.05) is 5.56 Å². The van der Waals surface area contributed by atoms with E-state index in [2.05, 4.69) is 17.4 Å². The van der Waals surface area contributed by atoms with Gasteiger partial charge >= 0.3 is 5.97 Å². The van der Waals surface area contributed by atoms with E-state index < -0.39 is 12.0 Å². The van der Waals surface area contributed by atoms with Crippen LogP contribution in [0.4, 0.5) is 0 Å². The predicted molar refractivity (Wildman–Crippen MR) is 101 cm³/mol. The Hall–Kier alpha value is -2.66. The fraction of sp³-hybridized carbons (Fsp3) is 0.364. The van der Waals surface area contributed by atoms with Crippen LogP contribution in [0.1, 0.15) is 57.8 Å². The van der Waals surface area contributed by atoms with Crippen molar-refractivity contribution < 1.29 is 19.4 Å². The third kappa shape index (κ3) is 3.74. The molecule has 1 heterocycles. The fourth-order valence-electron chi connectivity index (χ4n) is 4.16. The molecule has 2 atom stereocenters. The first-order valence-electron chi connectivity index (χ1n) is 9.43. The standard InChI is InChI=1S/C22H23NO4/c24-21(16-8-9-17-12-27-13-18(17)10-16)23-20(22(25)26)11-15-6-3-5-14-4-1-2-7-19(14)15/h1-2,4,7-10,15,20H,3,5-6,11-13H2,(H,23,24)(H,25,26). The molecule has 1 aliphatic heterocycles. The van der Waals surface area contributed by atoms with Crippen LogP contribution in [0.5, 0.6) is 0 Å².